The Balaban J connectivity index is 1.54. The van der Waals surface area contributed by atoms with Crippen LogP contribution < -0.4 is 20.1 Å². The number of amides is 2. The van der Waals surface area contributed by atoms with Gasteiger partial charge in [0, 0.05) is 18.2 Å². The first-order valence-corrected chi connectivity index (χ1v) is 8.77. The van der Waals surface area contributed by atoms with Crippen LogP contribution in [0.15, 0.2) is 18.2 Å². The van der Waals surface area contributed by atoms with Crippen molar-refractivity contribution in [2.24, 2.45) is 0 Å². The van der Waals surface area contributed by atoms with Crippen LogP contribution in [0.5, 0.6) is 11.5 Å². The van der Waals surface area contributed by atoms with E-state index < -0.39 is 0 Å². The molecule has 132 valence electrons. The molecule has 0 radical (unpaired) electrons. The van der Waals surface area contributed by atoms with Crippen molar-refractivity contribution in [3.05, 3.63) is 28.2 Å². The van der Waals surface area contributed by atoms with Crippen molar-refractivity contribution in [2.75, 3.05) is 12.1 Å². The number of fused-ring (bicyclic) bond motifs is 1. The summed E-state index contributed by atoms with van der Waals surface area (Å²) in [4.78, 5) is 23.8. The van der Waals surface area contributed by atoms with Crippen LogP contribution in [0.2, 0.25) is 0 Å². The van der Waals surface area contributed by atoms with Gasteiger partial charge in [0.15, 0.2) is 11.5 Å². The number of anilines is 1. The summed E-state index contributed by atoms with van der Waals surface area (Å²) < 4.78 is 10.5. The van der Waals surface area contributed by atoms with Gasteiger partial charge >= 0.3 is 0 Å². The monoisotopic (exact) mass is 362 g/mol. The van der Waals surface area contributed by atoms with Gasteiger partial charge in [0.05, 0.1) is 6.54 Å². The van der Waals surface area contributed by atoms with E-state index in [0.29, 0.717) is 28.6 Å². The third-order valence-corrected chi connectivity index (χ3v) is 4.41. The van der Waals surface area contributed by atoms with Crippen LogP contribution >= 0.6 is 11.3 Å². The number of ether oxygens (including phenoxy) is 2. The number of benzene rings is 1. The largest absolute Gasteiger partial charge is 0.454 e. The normalized spacial score (nSPS) is 12.0. The van der Waals surface area contributed by atoms with Gasteiger partial charge in [-0.1, -0.05) is 24.7 Å². The molecule has 0 saturated heterocycles. The molecular weight excluding hydrogens is 344 g/mol. The third kappa shape index (κ3) is 4.44. The number of unbranched alkanes of at least 4 members (excludes halogenated alkanes) is 1. The lowest BCUT2D eigenvalue weighted by Crippen LogP contribution is -2.22. The highest BCUT2D eigenvalue weighted by molar-refractivity contribution is 7.13. The van der Waals surface area contributed by atoms with Crippen molar-refractivity contribution >= 4 is 28.8 Å². The Kier molecular flexibility index (Phi) is 5.44. The van der Waals surface area contributed by atoms with Gasteiger partial charge in [0.25, 0.3) is 5.91 Å². The quantitative estimate of drug-likeness (QED) is 0.784. The Morgan fingerprint density at radius 2 is 2.08 bits per heavy atom. The average Bonchev–Trinajstić information content (AvgIpc) is 3.26. The molecule has 0 bridgehead atoms. The minimum atomic E-state index is -0.361. The highest BCUT2D eigenvalue weighted by Crippen LogP contribution is 2.34. The Hall–Kier alpha value is -2.68. The van der Waals surface area contributed by atoms with Crippen LogP contribution in [0.25, 0.3) is 0 Å². The van der Waals surface area contributed by atoms with Crippen LogP contribution in [0.1, 0.15) is 41.0 Å². The minimum Gasteiger partial charge on any atom is -0.454 e. The lowest BCUT2D eigenvalue weighted by molar-refractivity contribution is -0.121. The van der Waals surface area contributed by atoms with Crippen LogP contribution in [-0.2, 0) is 11.3 Å². The van der Waals surface area contributed by atoms with Gasteiger partial charge in [-0.25, -0.2) is 0 Å². The van der Waals surface area contributed by atoms with Crippen molar-refractivity contribution in [1.29, 1.82) is 0 Å². The minimum absolute atomic E-state index is 0.0246. The Labute approximate surface area is 148 Å². The molecule has 0 fully saturated rings. The van der Waals surface area contributed by atoms with Gasteiger partial charge in [0.1, 0.15) is 5.01 Å². The van der Waals surface area contributed by atoms with Gasteiger partial charge in [-0.05, 0) is 18.6 Å². The second-order valence-electron chi connectivity index (χ2n) is 5.40. The summed E-state index contributed by atoms with van der Waals surface area (Å²) in [6, 6.07) is 5.15. The molecule has 0 saturated carbocycles. The fourth-order valence-corrected chi connectivity index (χ4v) is 2.85. The van der Waals surface area contributed by atoms with Crippen molar-refractivity contribution in [3.63, 3.8) is 0 Å². The predicted molar refractivity (Wildman–Crippen MR) is 91.8 cm³/mol. The first-order valence-electron chi connectivity index (χ1n) is 7.96. The second-order valence-corrected chi connectivity index (χ2v) is 6.47. The standard InChI is InChI=1S/C16H18N4O4S/c1-2-3-4-13(21)17-8-14-19-20-16(25-14)15(22)18-10-5-6-11-12(7-10)24-9-23-11/h5-7H,2-4,8-9H2,1H3,(H,17,21)(H,18,22). The van der Waals surface area contributed by atoms with E-state index >= 15 is 0 Å². The molecule has 0 atom stereocenters. The first-order chi connectivity index (χ1) is 12.2. The van der Waals surface area contributed by atoms with Crippen LogP contribution in [-0.4, -0.2) is 28.8 Å². The Bertz CT molecular complexity index is 777. The second kappa shape index (κ2) is 7.93. The molecule has 2 N–H and O–H groups in total. The zero-order chi connectivity index (χ0) is 17.6. The number of rotatable bonds is 7. The lowest BCUT2D eigenvalue weighted by atomic mass is 10.2. The topological polar surface area (TPSA) is 102 Å². The molecule has 1 aliphatic heterocycles. The summed E-state index contributed by atoms with van der Waals surface area (Å²) in [5.74, 6) is 0.851. The summed E-state index contributed by atoms with van der Waals surface area (Å²) in [7, 11) is 0. The van der Waals surface area contributed by atoms with Crippen LogP contribution in [0, 0.1) is 0 Å². The van der Waals surface area contributed by atoms with Crippen molar-refractivity contribution in [2.45, 2.75) is 32.7 Å². The maximum Gasteiger partial charge on any atom is 0.286 e. The molecule has 0 aliphatic carbocycles. The zero-order valence-corrected chi connectivity index (χ0v) is 14.5. The molecule has 9 heteroatoms. The fraction of sp³-hybridized carbons (Fsp3) is 0.375. The lowest BCUT2D eigenvalue weighted by Gasteiger charge is -2.03. The number of nitrogens with one attached hydrogen (secondary N) is 2. The maximum absolute atomic E-state index is 12.2. The molecular formula is C16H18N4O4S. The number of carbonyl (C=O) groups excluding carboxylic acids is 2. The first kappa shape index (κ1) is 17.2. The molecule has 1 aromatic heterocycles. The third-order valence-electron chi connectivity index (χ3n) is 3.49. The summed E-state index contributed by atoms with van der Waals surface area (Å²) in [6.07, 6.45) is 2.31. The van der Waals surface area contributed by atoms with Crippen LogP contribution in [0.4, 0.5) is 5.69 Å². The predicted octanol–water partition coefficient (Wildman–Crippen LogP) is 2.33. The number of carbonyl (C=O) groups is 2. The average molecular weight is 362 g/mol. The number of nitrogens with zero attached hydrogens (tertiary/aromatic N) is 2. The van der Waals surface area contributed by atoms with E-state index in [1.54, 1.807) is 18.2 Å². The molecule has 8 nitrogen and oxygen atoms in total. The fourth-order valence-electron chi connectivity index (χ4n) is 2.18. The molecule has 1 aromatic carbocycles. The molecule has 25 heavy (non-hydrogen) atoms. The van der Waals surface area contributed by atoms with Gasteiger partial charge in [-0.3, -0.25) is 9.59 Å². The molecule has 3 rings (SSSR count). The highest BCUT2D eigenvalue weighted by Gasteiger charge is 2.17. The van der Waals surface area contributed by atoms with Gasteiger partial charge in [-0.15, -0.1) is 10.2 Å². The van der Waals surface area contributed by atoms with Gasteiger partial charge in [0.2, 0.25) is 17.7 Å². The smallest absolute Gasteiger partial charge is 0.286 e. The van der Waals surface area contributed by atoms with E-state index in [0.717, 1.165) is 24.2 Å². The van der Waals surface area contributed by atoms with E-state index in [1.807, 2.05) is 6.92 Å². The van der Waals surface area contributed by atoms with E-state index in [-0.39, 0.29) is 30.2 Å². The molecule has 0 spiro atoms. The Morgan fingerprint density at radius 1 is 1.24 bits per heavy atom. The summed E-state index contributed by atoms with van der Waals surface area (Å²) >= 11 is 1.15. The molecule has 0 unspecified atom stereocenters. The Morgan fingerprint density at radius 3 is 2.92 bits per heavy atom. The van der Waals surface area contributed by atoms with E-state index in [4.69, 9.17) is 9.47 Å². The number of hydrogen-bond donors (Lipinski definition) is 2. The van der Waals surface area contributed by atoms with Crippen LogP contribution in [0.3, 0.4) is 0 Å². The summed E-state index contributed by atoms with van der Waals surface area (Å²) in [5.41, 5.74) is 0.582. The zero-order valence-electron chi connectivity index (χ0n) is 13.7. The van der Waals surface area contributed by atoms with E-state index in [2.05, 4.69) is 20.8 Å². The van der Waals surface area contributed by atoms with Crippen molar-refractivity contribution in [1.82, 2.24) is 15.5 Å². The SMILES string of the molecule is CCCCC(=O)NCc1nnc(C(=O)Nc2ccc3c(c2)OCO3)s1. The molecule has 2 aromatic rings. The maximum atomic E-state index is 12.2. The van der Waals surface area contributed by atoms with Crippen molar-refractivity contribution in [3.8, 4) is 11.5 Å². The summed E-state index contributed by atoms with van der Waals surface area (Å²) in [6.45, 7) is 2.48. The van der Waals surface area contributed by atoms with Gasteiger partial charge in [-0.2, -0.15) is 0 Å². The van der Waals surface area contributed by atoms with Gasteiger partial charge < -0.3 is 20.1 Å². The molecule has 1 aliphatic rings. The molecule has 2 heterocycles. The summed E-state index contributed by atoms with van der Waals surface area (Å²) in [5, 5.41) is 14.1. The highest BCUT2D eigenvalue weighted by atomic mass is 32.1. The number of hydrogen-bond acceptors (Lipinski definition) is 7. The van der Waals surface area contributed by atoms with E-state index in [9.17, 15) is 9.59 Å². The molecule has 2 amide bonds. The number of aromatic nitrogens is 2. The van der Waals surface area contributed by atoms with E-state index in [1.165, 1.54) is 0 Å². The van der Waals surface area contributed by atoms with Crippen molar-refractivity contribution < 1.29 is 19.1 Å².